The monoisotopic (exact) mass is 253 g/mol. The first-order chi connectivity index (χ1) is 9.15. The van der Waals surface area contributed by atoms with Crippen LogP contribution in [-0.2, 0) is 0 Å². The molecule has 3 rings (SSSR count). The van der Waals surface area contributed by atoms with E-state index in [2.05, 4.69) is 35.1 Å². The summed E-state index contributed by atoms with van der Waals surface area (Å²) in [6.07, 6.45) is 1.82. The van der Waals surface area contributed by atoms with Gasteiger partial charge in [0.1, 0.15) is 0 Å². The highest BCUT2D eigenvalue weighted by molar-refractivity contribution is 5.83. The minimum Gasteiger partial charge on any atom is -0.298 e. The number of aromatic nitrogens is 3. The molecule has 0 fully saturated rings. The Morgan fingerprint density at radius 2 is 1.84 bits per heavy atom. The van der Waals surface area contributed by atoms with E-state index in [-0.39, 0.29) is 5.56 Å². The second-order valence-electron chi connectivity index (χ2n) is 4.96. The molecule has 3 aromatic rings. The van der Waals surface area contributed by atoms with E-state index in [9.17, 15) is 4.79 Å². The lowest BCUT2D eigenvalue weighted by atomic mass is 10.0. The fraction of sp³-hybridized carbons (Fsp3) is 0.200. The van der Waals surface area contributed by atoms with Crippen LogP contribution < -0.4 is 5.56 Å². The maximum absolute atomic E-state index is 11.6. The number of nitrogens with zero attached hydrogens (tertiary/aromatic N) is 1. The topological polar surface area (TPSA) is 61.5 Å². The van der Waals surface area contributed by atoms with Crippen LogP contribution in [0.25, 0.3) is 22.0 Å². The summed E-state index contributed by atoms with van der Waals surface area (Å²) in [5.74, 6) is 0.388. The number of rotatable bonds is 2. The molecule has 0 amide bonds. The Morgan fingerprint density at radius 1 is 1.05 bits per heavy atom. The van der Waals surface area contributed by atoms with Gasteiger partial charge in [0.05, 0.1) is 10.9 Å². The maximum Gasteiger partial charge on any atom is 0.271 e. The van der Waals surface area contributed by atoms with Gasteiger partial charge in [-0.2, -0.15) is 0 Å². The van der Waals surface area contributed by atoms with Gasteiger partial charge in [-0.05, 0) is 41.3 Å². The van der Waals surface area contributed by atoms with Crippen LogP contribution in [0.15, 0.2) is 41.3 Å². The van der Waals surface area contributed by atoms with E-state index >= 15 is 0 Å². The van der Waals surface area contributed by atoms with Crippen molar-refractivity contribution in [3.63, 3.8) is 0 Å². The van der Waals surface area contributed by atoms with Crippen LogP contribution in [0.4, 0.5) is 0 Å². The molecule has 2 N–H and O–H groups in total. The van der Waals surface area contributed by atoms with E-state index in [0.717, 1.165) is 22.3 Å². The summed E-state index contributed by atoms with van der Waals surface area (Å²) in [5.41, 5.74) is 3.91. The van der Waals surface area contributed by atoms with E-state index in [4.69, 9.17) is 0 Å². The molecule has 0 bridgehead atoms. The average Bonchev–Trinajstić information content (AvgIpc) is 2.80. The summed E-state index contributed by atoms with van der Waals surface area (Å²) in [7, 11) is 0. The largest absolute Gasteiger partial charge is 0.298 e. The zero-order valence-electron chi connectivity index (χ0n) is 10.9. The third kappa shape index (κ3) is 2.05. The van der Waals surface area contributed by atoms with Crippen molar-refractivity contribution in [1.29, 1.82) is 0 Å². The third-order valence-electron chi connectivity index (χ3n) is 3.28. The molecule has 0 atom stereocenters. The Bertz CT molecular complexity index is 783. The van der Waals surface area contributed by atoms with Gasteiger partial charge in [0.2, 0.25) is 0 Å². The molecular formula is C15H15N3O. The highest BCUT2D eigenvalue weighted by Gasteiger charge is 2.06. The SMILES string of the molecule is CC(C)c1cc(-c2ccc3[nH][nH]c(=O)c3c2)ccn1. The lowest BCUT2D eigenvalue weighted by molar-refractivity contribution is 0.823. The predicted octanol–water partition coefficient (Wildman–Crippen LogP) is 3.04. The molecule has 0 aliphatic rings. The normalized spacial score (nSPS) is 11.3. The number of pyridine rings is 1. The second-order valence-corrected chi connectivity index (χ2v) is 4.96. The molecule has 0 aliphatic heterocycles. The highest BCUT2D eigenvalue weighted by atomic mass is 16.1. The standard InChI is InChI=1S/C15H15N3O/c1-9(2)14-8-11(5-6-16-14)10-3-4-13-12(7-10)15(19)18-17-13/h3-9H,1-2H3,(H2,17,18,19). The summed E-state index contributed by atoms with van der Waals surface area (Å²) >= 11 is 0. The lowest BCUT2D eigenvalue weighted by Crippen LogP contribution is -1.97. The molecule has 0 aliphatic carbocycles. The summed E-state index contributed by atoms with van der Waals surface area (Å²) in [4.78, 5) is 16.0. The minimum atomic E-state index is -0.0880. The molecule has 2 aromatic heterocycles. The van der Waals surface area contributed by atoms with Crippen molar-refractivity contribution in [2.75, 3.05) is 0 Å². The fourth-order valence-corrected chi connectivity index (χ4v) is 2.16. The second kappa shape index (κ2) is 4.39. The Labute approximate surface area is 110 Å². The number of fused-ring (bicyclic) bond motifs is 1. The number of hydrogen-bond donors (Lipinski definition) is 2. The molecule has 0 unspecified atom stereocenters. The van der Waals surface area contributed by atoms with Crippen molar-refractivity contribution in [1.82, 2.24) is 15.2 Å². The number of benzene rings is 1. The van der Waals surface area contributed by atoms with Gasteiger partial charge in [0.15, 0.2) is 0 Å². The van der Waals surface area contributed by atoms with Gasteiger partial charge in [-0.15, -0.1) is 0 Å². The first-order valence-corrected chi connectivity index (χ1v) is 6.32. The van der Waals surface area contributed by atoms with Crippen LogP contribution >= 0.6 is 0 Å². The quantitative estimate of drug-likeness (QED) is 0.737. The van der Waals surface area contributed by atoms with Crippen molar-refractivity contribution in [3.05, 3.63) is 52.6 Å². The number of aromatic amines is 2. The first-order valence-electron chi connectivity index (χ1n) is 6.32. The molecule has 0 saturated carbocycles. The van der Waals surface area contributed by atoms with Crippen LogP contribution in [0.1, 0.15) is 25.5 Å². The molecule has 4 heteroatoms. The summed E-state index contributed by atoms with van der Waals surface area (Å²) in [6, 6.07) is 9.87. The van der Waals surface area contributed by atoms with E-state index in [1.165, 1.54) is 0 Å². The molecule has 0 saturated heterocycles. The smallest absolute Gasteiger partial charge is 0.271 e. The van der Waals surface area contributed by atoms with E-state index in [0.29, 0.717) is 11.3 Å². The average molecular weight is 253 g/mol. The number of hydrogen-bond acceptors (Lipinski definition) is 2. The zero-order valence-corrected chi connectivity index (χ0v) is 10.9. The van der Waals surface area contributed by atoms with Crippen LogP contribution in [0, 0.1) is 0 Å². The minimum absolute atomic E-state index is 0.0880. The van der Waals surface area contributed by atoms with Gasteiger partial charge in [-0.3, -0.25) is 20.0 Å². The maximum atomic E-state index is 11.6. The molecule has 1 aromatic carbocycles. The van der Waals surface area contributed by atoms with Crippen LogP contribution in [0.2, 0.25) is 0 Å². The van der Waals surface area contributed by atoms with Gasteiger partial charge in [0, 0.05) is 11.9 Å². The van der Waals surface area contributed by atoms with Gasteiger partial charge < -0.3 is 0 Å². The van der Waals surface area contributed by atoms with Gasteiger partial charge >= 0.3 is 0 Å². The van der Waals surface area contributed by atoms with Crippen LogP contribution in [0.3, 0.4) is 0 Å². The Kier molecular flexibility index (Phi) is 2.71. The highest BCUT2D eigenvalue weighted by Crippen LogP contribution is 2.24. The Morgan fingerprint density at radius 3 is 2.63 bits per heavy atom. The van der Waals surface area contributed by atoms with E-state index < -0.39 is 0 Å². The van der Waals surface area contributed by atoms with Crippen molar-refractivity contribution in [2.24, 2.45) is 0 Å². The van der Waals surface area contributed by atoms with Crippen molar-refractivity contribution in [3.8, 4) is 11.1 Å². The summed E-state index contributed by atoms with van der Waals surface area (Å²) < 4.78 is 0. The number of nitrogens with one attached hydrogen (secondary N) is 2. The molecule has 0 spiro atoms. The predicted molar refractivity (Wildman–Crippen MR) is 76.2 cm³/mol. The van der Waals surface area contributed by atoms with Crippen molar-refractivity contribution < 1.29 is 0 Å². The molecule has 96 valence electrons. The Balaban J connectivity index is 2.15. The van der Waals surface area contributed by atoms with Gasteiger partial charge in [-0.25, -0.2) is 0 Å². The number of H-pyrrole nitrogens is 2. The van der Waals surface area contributed by atoms with Crippen molar-refractivity contribution in [2.45, 2.75) is 19.8 Å². The summed E-state index contributed by atoms with van der Waals surface area (Å²) in [5, 5.41) is 6.12. The molecule has 19 heavy (non-hydrogen) atoms. The van der Waals surface area contributed by atoms with Gasteiger partial charge in [0.25, 0.3) is 5.56 Å². The van der Waals surface area contributed by atoms with E-state index in [1.54, 1.807) is 0 Å². The van der Waals surface area contributed by atoms with Gasteiger partial charge in [-0.1, -0.05) is 19.9 Å². The molecule has 4 nitrogen and oxygen atoms in total. The molecule has 2 heterocycles. The molecular weight excluding hydrogens is 238 g/mol. The Hall–Kier alpha value is -2.36. The van der Waals surface area contributed by atoms with Crippen LogP contribution in [-0.4, -0.2) is 15.2 Å². The molecule has 0 radical (unpaired) electrons. The summed E-state index contributed by atoms with van der Waals surface area (Å²) in [6.45, 7) is 4.23. The first kappa shape index (κ1) is 11.7. The third-order valence-corrected chi connectivity index (χ3v) is 3.28. The van der Waals surface area contributed by atoms with Crippen molar-refractivity contribution >= 4 is 10.9 Å². The fourth-order valence-electron chi connectivity index (χ4n) is 2.16. The van der Waals surface area contributed by atoms with Crippen LogP contribution in [0.5, 0.6) is 0 Å². The lowest BCUT2D eigenvalue weighted by Gasteiger charge is -2.07. The van der Waals surface area contributed by atoms with E-state index in [1.807, 2.05) is 30.5 Å². The zero-order chi connectivity index (χ0) is 13.4.